The first-order valence-corrected chi connectivity index (χ1v) is 7.11. The molecule has 0 bridgehead atoms. The number of amides is 2. The highest BCUT2D eigenvalue weighted by Gasteiger charge is 2.45. The topological polar surface area (TPSA) is 69.6 Å². The van der Waals surface area contributed by atoms with Gasteiger partial charge in [-0.1, -0.05) is 20.8 Å². The van der Waals surface area contributed by atoms with Crippen molar-refractivity contribution in [3.63, 3.8) is 0 Å². The number of carbonyl (C=O) groups excluding carboxylic acids is 1. The van der Waals surface area contributed by atoms with Gasteiger partial charge in [0.15, 0.2) is 0 Å². The minimum atomic E-state index is -0.901. The Morgan fingerprint density at radius 2 is 1.95 bits per heavy atom. The van der Waals surface area contributed by atoms with Crippen LogP contribution in [0.3, 0.4) is 0 Å². The summed E-state index contributed by atoms with van der Waals surface area (Å²) in [5.41, 5.74) is -0.367. The third kappa shape index (κ3) is 2.85. The molecule has 2 fully saturated rings. The fraction of sp³-hybridized carbons (Fsp3) is 0.857. The number of likely N-dealkylation sites (tertiary alicyclic amines) is 1. The van der Waals surface area contributed by atoms with E-state index < -0.39 is 12.0 Å². The molecule has 1 saturated carbocycles. The summed E-state index contributed by atoms with van der Waals surface area (Å²) in [6.45, 7) is 6.55. The molecule has 0 aromatic heterocycles. The van der Waals surface area contributed by atoms with Gasteiger partial charge in [0.25, 0.3) is 0 Å². The highest BCUT2D eigenvalue weighted by Crippen LogP contribution is 2.35. The van der Waals surface area contributed by atoms with E-state index in [0.717, 1.165) is 25.7 Å². The van der Waals surface area contributed by atoms with Crippen LogP contribution in [0.15, 0.2) is 0 Å². The van der Waals surface area contributed by atoms with Gasteiger partial charge in [0.05, 0.1) is 0 Å². The van der Waals surface area contributed by atoms with Crippen molar-refractivity contribution in [2.24, 2.45) is 11.3 Å². The maximum Gasteiger partial charge on any atom is 0.327 e. The lowest BCUT2D eigenvalue weighted by molar-refractivity contribution is -0.148. The Hall–Kier alpha value is -1.26. The Balaban J connectivity index is 2.03. The Bertz CT molecular complexity index is 375. The largest absolute Gasteiger partial charge is 0.480 e. The summed E-state index contributed by atoms with van der Waals surface area (Å²) < 4.78 is 0. The van der Waals surface area contributed by atoms with Crippen molar-refractivity contribution in [1.29, 1.82) is 0 Å². The molecule has 5 nitrogen and oxygen atoms in total. The quantitative estimate of drug-likeness (QED) is 0.805. The first-order chi connectivity index (χ1) is 8.81. The van der Waals surface area contributed by atoms with Gasteiger partial charge in [0.1, 0.15) is 6.04 Å². The number of nitrogens with one attached hydrogen (secondary N) is 1. The number of nitrogens with zero attached hydrogens (tertiary/aromatic N) is 1. The van der Waals surface area contributed by atoms with Crippen molar-refractivity contribution < 1.29 is 14.7 Å². The van der Waals surface area contributed by atoms with Gasteiger partial charge in [-0.2, -0.15) is 0 Å². The maximum absolute atomic E-state index is 12.3. The second-order valence-electron chi connectivity index (χ2n) is 6.75. The van der Waals surface area contributed by atoms with Gasteiger partial charge in [0, 0.05) is 12.6 Å². The van der Waals surface area contributed by atoms with Crippen molar-refractivity contribution in [3.8, 4) is 0 Å². The number of piperidine rings is 1. The number of hydrogen-bond acceptors (Lipinski definition) is 2. The van der Waals surface area contributed by atoms with Gasteiger partial charge in [-0.3, -0.25) is 0 Å². The lowest BCUT2D eigenvalue weighted by Crippen LogP contribution is -2.60. The number of carboxylic acids is 1. The molecule has 1 aliphatic heterocycles. The molecular weight excluding hydrogens is 244 g/mol. The summed E-state index contributed by atoms with van der Waals surface area (Å²) >= 11 is 0. The van der Waals surface area contributed by atoms with E-state index in [4.69, 9.17) is 0 Å². The SMILES string of the molecule is CC1CC(NC(=O)N2CCCC(C)(C)C2C(=O)O)C1. The smallest absolute Gasteiger partial charge is 0.327 e. The minimum Gasteiger partial charge on any atom is -0.480 e. The Morgan fingerprint density at radius 1 is 1.32 bits per heavy atom. The van der Waals surface area contributed by atoms with Crippen LogP contribution in [0.25, 0.3) is 0 Å². The van der Waals surface area contributed by atoms with E-state index in [0.29, 0.717) is 12.5 Å². The third-order valence-electron chi connectivity index (χ3n) is 4.47. The number of carboxylic acid groups (broad SMARTS) is 1. The normalized spacial score (nSPS) is 33.4. The molecule has 1 heterocycles. The molecule has 1 saturated heterocycles. The zero-order chi connectivity index (χ0) is 14.2. The highest BCUT2D eigenvalue weighted by molar-refractivity contribution is 5.83. The monoisotopic (exact) mass is 268 g/mol. The molecule has 19 heavy (non-hydrogen) atoms. The van der Waals surface area contributed by atoms with Gasteiger partial charge in [-0.05, 0) is 37.0 Å². The Morgan fingerprint density at radius 3 is 2.47 bits per heavy atom. The zero-order valence-electron chi connectivity index (χ0n) is 12.0. The van der Waals surface area contributed by atoms with Crippen LogP contribution in [-0.2, 0) is 4.79 Å². The van der Waals surface area contributed by atoms with Gasteiger partial charge in [-0.15, -0.1) is 0 Å². The number of rotatable bonds is 2. The summed E-state index contributed by atoms with van der Waals surface area (Å²) in [7, 11) is 0. The molecule has 2 aliphatic rings. The van der Waals surface area contributed by atoms with Crippen LogP contribution in [0.2, 0.25) is 0 Å². The van der Waals surface area contributed by atoms with E-state index >= 15 is 0 Å². The molecule has 0 spiro atoms. The van der Waals surface area contributed by atoms with Crippen LogP contribution in [0.5, 0.6) is 0 Å². The fourth-order valence-corrected chi connectivity index (χ4v) is 3.36. The van der Waals surface area contributed by atoms with E-state index in [1.165, 1.54) is 4.90 Å². The highest BCUT2D eigenvalue weighted by atomic mass is 16.4. The van der Waals surface area contributed by atoms with Gasteiger partial charge in [0.2, 0.25) is 0 Å². The molecular formula is C14H24N2O3. The van der Waals surface area contributed by atoms with Crippen molar-refractivity contribution in [2.75, 3.05) is 6.54 Å². The van der Waals surface area contributed by atoms with Crippen LogP contribution in [0, 0.1) is 11.3 Å². The van der Waals surface area contributed by atoms with Crippen LogP contribution in [-0.4, -0.2) is 40.6 Å². The molecule has 2 N–H and O–H groups in total. The van der Waals surface area contributed by atoms with Crippen molar-refractivity contribution in [3.05, 3.63) is 0 Å². The number of urea groups is 1. The van der Waals surface area contributed by atoms with E-state index in [9.17, 15) is 14.7 Å². The van der Waals surface area contributed by atoms with Crippen LogP contribution < -0.4 is 5.32 Å². The second-order valence-corrected chi connectivity index (χ2v) is 6.75. The summed E-state index contributed by atoms with van der Waals surface area (Å²) in [4.78, 5) is 25.3. The average Bonchev–Trinajstić information content (AvgIpc) is 2.24. The Labute approximate surface area is 114 Å². The number of hydrogen-bond donors (Lipinski definition) is 2. The molecule has 2 amide bonds. The summed E-state index contributed by atoms with van der Waals surface area (Å²) in [5, 5.41) is 12.4. The molecule has 108 valence electrons. The predicted octanol–water partition coefficient (Wildman–Crippen LogP) is 2.07. The summed E-state index contributed by atoms with van der Waals surface area (Å²) in [6, 6.07) is -0.710. The molecule has 2 rings (SSSR count). The van der Waals surface area contributed by atoms with Crippen molar-refractivity contribution in [1.82, 2.24) is 10.2 Å². The lowest BCUT2D eigenvalue weighted by atomic mass is 9.76. The fourth-order valence-electron chi connectivity index (χ4n) is 3.36. The van der Waals surface area contributed by atoms with E-state index in [-0.39, 0.29) is 17.5 Å². The molecule has 1 unspecified atom stereocenters. The average molecular weight is 268 g/mol. The maximum atomic E-state index is 12.3. The first-order valence-electron chi connectivity index (χ1n) is 7.11. The van der Waals surface area contributed by atoms with Crippen LogP contribution >= 0.6 is 0 Å². The minimum absolute atomic E-state index is 0.211. The molecule has 1 atom stereocenters. The van der Waals surface area contributed by atoms with Crippen LogP contribution in [0.4, 0.5) is 4.79 Å². The molecule has 0 radical (unpaired) electrons. The predicted molar refractivity (Wildman–Crippen MR) is 71.9 cm³/mol. The first kappa shape index (κ1) is 14.2. The third-order valence-corrected chi connectivity index (χ3v) is 4.47. The van der Waals surface area contributed by atoms with Gasteiger partial charge < -0.3 is 15.3 Å². The van der Waals surface area contributed by atoms with Crippen molar-refractivity contribution >= 4 is 12.0 Å². The standard InChI is InChI=1S/C14H24N2O3/c1-9-7-10(8-9)15-13(19)16-6-4-5-14(2,3)11(16)12(17)18/h9-11H,4-8H2,1-3H3,(H,15,19)(H,17,18). The summed E-state index contributed by atoms with van der Waals surface area (Å²) in [5.74, 6) is -0.236. The van der Waals surface area contributed by atoms with Crippen LogP contribution in [0.1, 0.15) is 46.5 Å². The molecule has 0 aromatic carbocycles. The summed E-state index contributed by atoms with van der Waals surface area (Å²) in [6.07, 6.45) is 3.71. The van der Waals surface area contributed by atoms with E-state index in [2.05, 4.69) is 12.2 Å². The number of aliphatic carboxylic acids is 1. The molecule has 0 aromatic rings. The van der Waals surface area contributed by atoms with Gasteiger partial charge >= 0.3 is 12.0 Å². The van der Waals surface area contributed by atoms with E-state index in [1.807, 2.05) is 13.8 Å². The Kier molecular flexibility index (Phi) is 3.74. The molecule has 1 aliphatic carbocycles. The van der Waals surface area contributed by atoms with Crippen molar-refractivity contribution in [2.45, 2.75) is 58.5 Å². The second kappa shape index (κ2) is 5.02. The number of carbonyl (C=O) groups is 2. The molecule has 5 heteroatoms. The van der Waals surface area contributed by atoms with E-state index in [1.54, 1.807) is 0 Å². The zero-order valence-corrected chi connectivity index (χ0v) is 12.0. The van der Waals surface area contributed by atoms with Gasteiger partial charge in [-0.25, -0.2) is 9.59 Å². The lowest BCUT2D eigenvalue weighted by Gasteiger charge is -2.45.